The van der Waals surface area contributed by atoms with Crippen LogP contribution in [-0.4, -0.2) is 41.1 Å². The third-order valence-corrected chi connectivity index (χ3v) is 4.80. The molecule has 2 fully saturated rings. The highest BCUT2D eigenvalue weighted by atomic mass is 35.5. The van der Waals surface area contributed by atoms with E-state index in [1.54, 1.807) is 6.07 Å². The molecule has 4 nitrogen and oxygen atoms in total. The van der Waals surface area contributed by atoms with E-state index in [0.29, 0.717) is 16.8 Å². The van der Waals surface area contributed by atoms with Crippen LogP contribution in [0.5, 0.6) is 0 Å². The summed E-state index contributed by atoms with van der Waals surface area (Å²) in [6.07, 6.45) is 6.72. The Balaban J connectivity index is 1.54. The van der Waals surface area contributed by atoms with Gasteiger partial charge in [0.25, 0.3) is 5.91 Å². The molecule has 1 saturated carbocycles. The molecule has 21 heavy (non-hydrogen) atoms. The Hall–Kier alpha value is -1.00. The van der Waals surface area contributed by atoms with Crippen molar-refractivity contribution in [1.29, 1.82) is 0 Å². The Kier molecular flexibility index (Phi) is 4.55. The molecule has 1 N–H and O–H groups in total. The van der Waals surface area contributed by atoms with Crippen LogP contribution in [0.1, 0.15) is 43.1 Å². The van der Waals surface area contributed by atoms with Crippen molar-refractivity contribution in [2.24, 2.45) is 5.92 Å². The van der Waals surface area contributed by atoms with Gasteiger partial charge in [-0.25, -0.2) is 0 Å². The van der Waals surface area contributed by atoms with E-state index in [2.05, 4.69) is 5.32 Å². The molecular formula is C16H24ClN3O. The summed E-state index contributed by atoms with van der Waals surface area (Å²) in [6, 6.07) is 2.36. The van der Waals surface area contributed by atoms with Gasteiger partial charge in [-0.05, 0) is 51.1 Å². The molecule has 2 heterocycles. The Morgan fingerprint density at radius 2 is 2.05 bits per heavy atom. The lowest BCUT2D eigenvalue weighted by Gasteiger charge is -2.32. The first-order valence-corrected chi connectivity index (χ1v) is 8.43. The first-order chi connectivity index (χ1) is 10.2. The molecule has 0 bridgehead atoms. The first kappa shape index (κ1) is 14.9. The number of nitrogens with one attached hydrogen (secondary N) is 1. The average molecular weight is 310 g/mol. The molecule has 3 rings (SSSR count). The standard InChI is InChI=1S/C16H24ClN3O/c1-2-19-11-13(17)9-15(19)16(21)20-7-5-14(6-8-20)18-10-12-3-4-12/h9,11-12,14,18H,2-8,10H2,1H3. The first-order valence-electron chi connectivity index (χ1n) is 8.05. The number of piperidine rings is 1. The molecule has 1 aliphatic heterocycles. The number of amides is 1. The molecule has 1 aromatic rings. The fourth-order valence-corrected chi connectivity index (χ4v) is 3.24. The number of rotatable bonds is 5. The van der Waals surface area contributed by atoms with E-state index in [-0.39, 0.29) is 5.91 Å². The lowest BCUT2D eigenvalue weighted by molar-refractivity contribution is 0.0694. The molecule has 0 unspecified atom stereocenters. The zero-order valence-corrected chi connectivity index (χ0v) is 13.4. The van der Waals surface area contributed by atoms with Gasteiger partial charge in [-0.1, -0.05) is 11.6 Å². The number of carbonyl (C=O) groups excluding carboxylic acids is 1. The fourth-order valence-electron chi connectivity index (χ4n) is 3.02. The summed E-state index contributed by atoms with van der Waals surface area (Å²) in [5.41, 5.74) is 0.715. The van der Waals surface area contributed by atoms with Crippen LogP contribution >= 0.6 is 11.6 Å². The molecule has 0 radical (unpaired) electrons. The fraction of sp³-hybridized carbons (Fsp3) is 0.688. The third-order valence-electron chi connectivity index (χ3n) is 4.60. The van der Waals surface area contributed by atoms with E-state index in [9.17, 15) is 4.79 Å². The van der Waals surface area contributed by atoms with Crippen molar-refractivity contribution in [1.82, 2.24) is 14.8 Å². The van der Waals surface area contributed by atoms with Crippen molar-refractivity contribution in [3.63, 3.8) is 0 Å². The summed E-state index contributed by atoms with van der Waals surface area (Å²) in [7, 11) is 0. The van der Waals surface area contributed by atoms with Crippen LogP contribution in [0, 0.1) is 5.92 Å². The summed E-state index contributed by atoms with van der Waals surface area (Å²) in [4.78, 5) is 14.6. The Morgan fingerprint density at radius 1 is 1.33 bits per heavy atom. The van der Waals surface area contributed by atoms with Gasteiger partial charge in [-0.15, -0.1) is 0 Å². The van der Waals surface area contributed by atoms with Gasteiger partial charge in [0.2, 0.25) is 0 Å². The molecule has 5 heteroatoms. The average Bonchev–Trinajstić information content (AvgIpc) is 3.26. The van der Waals surface area contributed by atoms with Gasteiger partial charge in [0.05, 0.1) is 5.02 Å². The zero-order valence-electron chi connectivity index (χ0n) is 12.6. The Labute approximate surface area is 131 Å². The predicted octanol–water partition coefficient (Wildman–Crippen LogP) is 2.77. The topological polar surface area (TPSA) is 37.3 Å². The molecule has 116 valence electrons. The van der Waals surface area contributed by atoms with E-state index in [0.717, 1.165) is 44.9 Å². The lowest BCUT2D eigenvalue weighted by atomic mass is 10.0. The molecule has 2 aliphatic rings. The van der Waals surface area contributed by atoms with Crippen LogP contribution in [0.2, 0.25) is 5.02 Å². The van der Waals surface area contributed by atoms with Crippen LogP contribution in [0.4, 0.5) is 0 Å². The van der Waals surface area contributed by atoms with Crippen molar-refractivity contribution in [3.05, 3.63) is 23.0 Å². The quantitative estimate of drug-likeness (QED) is 0.908. The number of carbonyl (C=O) groups is 1. The summed E-state index contributed by atoms with van der Waals surface area (Å²) < 4.78 is 1.93. The van der Waals surface area contributed by atoms with Crippen LogP contribution in [-0.2, 0) is 6.54 Å². The molecule has 1 aliphatic carbocycles. The van der Waals surface area contributed by atoms with Gasteiger partial charge in [0.15, 0.2) is 0 Å². The highest BCUT2D eigenvalue weighted by Gasteiger charge is 2.27. The predicted molar refractivity (Wildman–Crippen MR) is 84.8 cm³/mol. The molecular weight excluding hydrogens is 286 g/mol. The van der Waals surface area contributed by atoms with Crippen molar-refractivity contribution in [2.45, 2.75) is 45.2 Å². The number of hydrogen-bond donors (Lipinski definition) is 1. The molecule has 0 atom stereocenters. The van der Waals surface area contributed by atoms with Gasteiger partial charge in [-0.2, -0.15) is 0 Å². The smallest absolute Gasteiger partial charge is 0.270 e. The van der Waals surface area contributed by atoms with Crippen LogP contribution < -0.4 is 5.32 Å². The second-order valence-electron chi connectivity index (χ2n) is 6.25. The van der Waals surface area contributed by atoms with E-state index < -0.39 is 0 Å². The van der Waals surface area contributed by atoms with Crippen LogP contribution in [0.3, 0.4) is 0 Å². The SMILES string of the molecule is CCn1cc(Cl)cc1C(=O)N1CCC(NCC2CC2)CC1. The monoisotopic (exact) mass is 309 g/mol. The molecule has 0 aromatic carbocycles. The molecule has 1 aromatic heterocycles. The minimum absolute atomic E-state index is 0.115. The van der Waals surface area contributed by atoms with Gasteiger partial charge >= 0.3 is 0 Å². The minimum atomic E-state index is 0.115. The number of likely N-dealkylation sites (tertiary alicyclic amines) is 1. The van der Waals surface area contributed by atoms with Crippen molar-refractivity contribution >= 4 is 17.5 Å². The maximum atomic E-state index is 12.6. The second-order valence-corrected chi connectivity index (χ2v) is 6.68. The van der Waals surface area contributed by atoms with E-state index in [1.165, 1.54) is 12.8 Å². The van der Waals surface area contributed by atoms with E-state index in [4.69, 9.17) is 11.6 Å². The highest BCUT2D eigenvalue weighted by molar-refractivity contribution is 6.31. The van der Waals surface area contributed by atoms with Gasteiger partial charge in [-0.3, -0.25) is 4.79 Å². The van der Waals surface area contributed by atoms with Gasteiger partial charge in [0.1, 0.15) is 5.69 Å². The van der Waals surface area contributed by atoms with Crippen molar-refractivity contribution in [2.75, 3.05) is 19.6 Å². The zero-order chi connectivity index (χ0) is 14.8. The minimum Gasteiger partial charge on any atom is -0.342 e. The van der Waals surface area contributed by atoms with Crippen LogP contribution in [0.25, 0.3) is 0 Å². The number of aromatic nitrogens is 1. The summed E-state index contributed by atoms with van der Waals surface area (Å²) in [5.74, 6) is 1.03. The normalized spacial score (nSPS) is 20.0. The maximum Gasteiger partial charge on any atom is 0.270 e. The number of nitrogens with zero attached hydrogens (tertiary/aromatic N) is 2. The number of aryl methyl sites for hydroxylation is 1. The van der Waals surface area contributed by atoms with Crippen molar-refractivity contribution in [3.8, 4) is 0 Å². The molecule has 0 spiro atoms. The Morgan fingerprint density at radius 3 is 2.67 bits per heavy atom. The summed E-state index contributed by atoms with van der Waals surface area (Å²) in [5, 5.41) is 4.29. The van der Waals surface area contributed by atoms with Gasteiger partial charge in [0, 0.05) is 31.9 Å². The highest BCUT2D eigenvalue weighted by Crippen LogP contribution is 2.28. The third kappa shape index (κ3) is 3.61. The van der Waals surface area contributed by atoms with Gasteiger partial charge < -0.3 is 14.8 Å². The lowest BCUT2D eigenvalue weighted by Crippen LogP contribution is -2.45. The maximum absolute atomic E-state index is 12.6. The molecule has 1 saturated heterocycles. The Bertz CT molecular complexity index is 502. The van der Waals surface area contributed by atoms with Crippen LogP contribution in [0.15, 0.2) is 12.3 Å². The largest absolute Gasteiger partial charge is 0.342 e. The van der Waals surface area contributed by atoms with Crippen molar-refractivity contribution < 1.29 is 4.79 Å². The summed E-state index contributed by atoms with van der Waals surface area (Å²) in [6.45, 7) is 5.64. The number of halogens is 1. The second kappa shape index (κ2) is 6.41. The summed E-state index contributed by atoms with van der Waals surface area (Å²) >= 11 is 6.03. The van der Waals surface area contributed by atoms with E-state index in [1.807, 2.05) is 22.6 Å². The van der Waals surface area contributed by atoms with E-state index >= 15 is 0 Å². The number of hydrogen-bond acceptors (Lipinski definition) is 2. The molecule has 1 amide bonds.